The molecule has 0 spiro atoms. The van der Waals surface area contributed by atoms with Crippen molar-refractivity contribution in [3.05, 3.63) is 18.2 Å². The van der Waals surface area contributed by atoms with Gasteiger partial charge in [0.1, 0.15) is 13.2 Å². The minimum absolute atomic E-state index is 0.155. The van der Waals surface area contributed by atoms with Crippen LogP contribution in [0, 0.1) is 0 Å². The highest BCUT2D eigenvalue weighted by Crippen LogP contribution is 2.32. The molecule has 112 valence electrons. The molecule has 0 fully saturated rings. The van der Waals surface area contributed by atoms with E-state index in [0.717, 1.165) is 5.33 Å². The first-order chi connectivity index (χ1) is 9.63. The molecule has 1 heterocycles. The van der Waals surface area contributed by atoms with Gasteiger partial charge >= 0.3 is 0 Å². The normalized spacial score (nSPS) is 14.2. The fourth-order valence-electron chi connectivity index (χ4n) is 1.68. The summed E-state index contributed by atoms with van der Waals surface area (Å²) in [6, 6.07) is 4.57. The van der Waals surface area contributed by atoms with Crippen molar-refractivity contribution in [1.82, 2.24) is 4.72 Å². The summed E-state index contributed by atoms with van der Waals surface area (Å²) in [6.07, 6.45) is 0. The first-order valence-corrected chi connectivity index (χ1v) is 8.77. The molecule has 20 heavy (non-hydrogen) atoms. The zero-order valence-electron chi connectivity index (χ0n) is 10.8. The SMILES string of the molecule is O=S(=O)(NCCOCCBr)c1ccc2c(c1)OCCO2. The maximum atomic E-state index is 12.1. The van der Waals surface area contributed by atoms with E-state index in [0.29, 0.717) is 37.9 Å². The van der Waals surface area contributed by atoms with Crippen molar-refractivity contribution < 1.29 is 22.6 Å². The lowest BCUT2D eigenvalue weighted by molar-refractivity contribution is 0.156. The van der Waals surface area contributed by atoms with Gasteiger partial charge in [0, 0.05) is 17.9 Å². The number of hydrogen-bond donors (Lipinski definition) is 1. The molecule has 6 nitrogen and oxygen atoms in total. The molecule has 1 aromatic rings. The highest BCUT2D eigenvalue weighted by Gasteiger charge is 2.18. The summed E-state index contributed by atoms with van der Waals surface area (Å²) >= 11 is 3.22. The van der Waals surface area contributed by atoms with Crippen molar-refractivity contribution >= 4 is 26.0 Å². The van der Waals surface area contributed by atoms with Crippen LogP contribution in [0.1, 0.15) is 0 Å². The number of benzene rings is 1. The lowest BCUT2D eigenvalue weighted by atomic mass is 10.3. The molecular weight excluding hydrogens is 350 g/mol. The van der Waals surface area contributed by atoms with Crippen LogP contribution < -0.4 is 14.2 Å². The number of sulfonamides is 1. The van der Waals surface area contributed by atoms with Crippen LogP contribution >= 0.6 is 15.9 Å². The van der Waals surface area contributed by atoms with Gasteiger partial charge in [0.2, 0.25) is 10.0 Å². The predicted molar refractivity (Wildman–Crippen MR) is 77.2 cm³/mol. The quantitative estimate of drug-likeness (QED) is 0.579. The van der Waals surface area contributed by atoms with Gasteiger partial charge in [-0.05, 0) is 12.1 Å². The summed E-state index contributed by atoms with van der Waals surface area (Å²) in [5, 5.41) is 0.724. The van der Waals surface area contributed by atoms with Gasteiger partial charge in [-0.15, -0.1) is 0 Å². The molecular formula is C12H16BrNO5S. The van der Waals surface area contributed by atoms with Gasteiger partial charge in [0.15, 0.2) is 11.5 Å². The third-order valence-electron chi connectivity index (χ3n) is 2.58. The molecule has 8 heteroatoms. The standard InChI is InChI=1S/C12H16BrNO5S/c13-3-5-17-6-4-14-20(15,16)10-1-2-11-12(9-10)19-8-7-18-11/h1-2,9,14H,3-8H2. The monoisotopic (exact) mass is 365 g/mol. The first-order valence-electron chi connectivity index (χ1n) is 6.16. The van der Waals surface area contributed by atoms with Gasteiger partial charge < -0.3 is 14.2 Å². The van der Waals surface area contributed by atoms with E-state index in [1.807, 2.05) is 0 Å². The Bertz CT molecular complexity index is 549. The van der Waals surface area contributed by atoms with Crippen molar-refractivity contribution in [2.45, 2.75) is 4.90 Å². The lowest BCUT2D eigenvalue weighted by Gasteiger charge is -2.18. The van der Waals surface area contributed by atoms with Gasteiger partial charge in [-0.3, -0.25) is 0 Å². The molecule has 0 bridgehead atoms. The number of fused-ring (bicyclic) bond motifs is 1. The van der Waals surface area contributed by atoms with Crippen LogP contribution in [-0.2, 0) is 14.8 Å². The Morgan fingerprint density at radius 3 is 2.70 bits per heavy atom. The van der Waals surface area contributed by atoms with Gasteiger partial charge in [-0.1, -0.05) is 15.9 Å². The second-order valence-corrected chi connectivity index (χ2v) is 6.56. The van der Waals surface area contributed by atoms with Crippen molar-refractivity contribution in [2.24, 2.45) is 0 Å². The number of nitrogens with one attached hydrogen (secondary N) is 1. The molecule has 0 unspecified atom stereocenters. The lowest BCUT2D eigenvalue weighted by Crippen LogP contribution is -2.28. The van der Waals surface area contributed by atoms with E-state index in [9.17, 15) is 8.42 Å². The van der Waals surface area contributed by atoms with E-state index >= 15 is 0 Å². The zero-order valence-corrected chi connectivity index (χ0v) is 13.2. The van der Waals surface area contributed by atoms with E-state index in [1.165, 1.54) is 12.1 Å². The number of alkyl halides is 1. The van der Waals surface area contributed by atoms with Crippen LogP contribution in [0.5, 0.6) is 11.5 Å². The molecule has 0 saturated heterocycles. The molecule has 0 saturated carbocycles. The molecule has 0 radical (unpaired) electrons. The number of rotatable bonds is 7. The fourth-order valence-corrected chi connectivity index (χ4v) is 2.94. The molecule has 0 aliphatic carbocycles. The van der Waals surface area contributed by atoms with E-state index in [-0.39, 0.29) is 11.4 Å². The summed E-state index contributed by atoms with van der Waals surface area (Å²) in [5.41, 5.74) is 0. The Morgan fingerprint density at radius 1 is 1.20 bits per heavy atom. The Kier molecular flexibility index (Phi) is 5.64. The number of ether oxygens (including phenoxy) is 3. The van der Waals surface area contributed by atoms with Crippen LogP contribution in [0.15, 0.2) is 23.1 Å². The van der Waals surface area contributed by atoms with Crippen molar-refractivity contribution in [1.29, 1.82) is 0 Å². The van der Waals surface area contributed by atoms with E-state index in [2.05, 4.69) is 20.7 Å². The minimum atomic E-state index is -3.56. The van der Waals surface area contributed by atoms with Crippen LogP contribution in [-0.4, -0.2) is 46.7 Å². The molecule has 0 aromatic heterocycles. The Hall–Kier alpha value is -0.830. The second kappa shape index (κ2) is 7.26. The largest absolute Gasteiger partial charge is 0.486 e. The number of halogens is 1. The van der Waals surface area contributed by atoms with Gasteiger partial charge in [0.05, 0.1) is 18.1 Å². The smallest absolute Gasteiger partial charge is 0.240 e. The summed E-state index contributed by atoms with van der Waals surface area (Å²) in [4.78, 5) is 0.155. The molecule has 1 aliphatic rings. The van der Waals surface area contributed by atoms with Crippen LogP contribution in [0.3, 0.4) is 0 Å². The van der Waals surface area contributed by atoms with Crippen molar-refractivity contribution in [3.63, 3.8) is 0 Å². The maximum absolute atomic E-state index is 12.1. The molecule has 1 aromatic carbocycles. The van der Waals surface area contributed by atoms with Gasteiger partial charge in [-0.2, -0.15) is 0 Å². The second-order valence-electron chi connectivity index (χ2n) is 4.00. The molecule has 0 atom stereocenters. The Labute approximate surface area is 126 Å². The third-order valence-corrected chi connectivity index (χ3v) is 4.37. The molecule has 1 N–H and O–H groups in total. The molecule has 0 amide bonds. The summed E-state index contributed by atoms with van der Waals surface area (Å²) in [5.74, 6) is 1.02. The van der Waals surface area contributed by atoms with Gasteiger partial charge in [0.25, 0.3) is 0 Å². The molecule has 2 rings (SSSR count). The van der Waals surface area contributed by atoms with Gasteiger partial charge in [-0.25, -0.2) is 13.1 Å². The first kappa shape index (κ1) is 15.6. The highest BCUT2D eigenvalue weighted by atomic mass is 79.9. The van der Waals surface area contributed by atoms with E-state index in [4.69, 9.17) is 14.2 Å². The summed E-state index contributed by atoms with van der Waals surface area (Å²) in [6.45, 7) is 2.00. The average Bonchev–Trinajstić information content (AvgIpc) is 2.46. The third kappa shape index (κ3) is 4.08. The van der Waals surface area contributed by atoms with E-state index < -0.39 is 10.0 Å². The Balaban J connectivity index is 1.98. The maximum Gasteiger partial charge on any atom is 0.240 e. The Morgan fingerprint density at radius 2 is 1.95 bits per heavy atom. The zero-order chi connectivity index (χ0) is 14.4. The van der Waals surface area contributed by atoms with Crippen molar-refractivity contribution in [3.8, 4) is 11.5 Å². The molecule has 1 aliphatic heterocycles. The summed E-state index contributed by atoms with van der Waals surface area (Å²) < 4.78 is 42.5. The van der Waals surface area contributed by atoms with Crippen LogP contribution in [0.4, 0.5) is 0 Å². The number of hydrogen-bond acceptors (Lipinski definition) is 5. The fraction of sp³-hybridized carbons (Fsp3) is 0.500. The van der Waals surface area contributed by atoms with Crippen LogP contribution in [0.25, 0.3) is 0 Å². The van der Waals surface area contributed by atoms with Crippen LogP contribution in [0.2, 0.25) is 0 Å². The predicted octanol–water partition coefficient (Wildman–Crippen LogP) is 1.15. The van der Waals surface area contributed by atoms with Crippen molar-refractivity contribution in [2.75, 3.05) is 38.3 Å². The van der Waals surface area contributed by atoms with E-state index in [1.54, 1.807) is 6.07 Å². The summed E-state index contributed by atoms with van der Waals surface area (Å²) in [7, 11) is -3.56. The topological polar surface area (TPSA) is 73.9 Å². The average molecular weight is 366 g/mol. The highest BCUT2D eigenvalue weighted by molar-refractivity contribution is 9.09. The minimum Gasteiger partial charge on any atom is -0.486 e.